The van der Waals surface area contributed by atoms with E-state index in [1.165, 1.54) is 23.8 Å². The minimum atomic E-state index is -0.388. The number of fused-ring (bicyclic) bond motifs is 3. The van der Waals surface area contributed by atoms with Gasteiger partial charge in [-0.2, -0.15) is 9.50 Å². The molecule has 9 nitrogen and oxygen atoms in total. The average molecular weight is 288 g/mol. The lowest BCUT2D eigenvalue weighted by molar-refractivity contribution is -0.115. The van der Waals surface area contributed by atoms with Crippen molar-refractivity contribution >= 4 is 22.6 Å². The summed E-state index contributed by atoms with van der Waals surface area (Å²) in [6, 6.07) is 1.66. The van der Waals surface area contributed by atoms with Gasteiger partial charge >= 0.3 is 0 Å². The van der Waals surface area contributed by atoms with Gasteiger partial charge in [0.2, 0.25) is 5.91 Å². The first-order valence-corrected chi connectivity index (χ1v) is 6.12. The molecule has 21 heavy (non-hydrogen) atoms. The van der Waals surface area contributed by atoms with Gasteiger partial charge in [0, 0.05) is 26.4 Å². The van der Waals surface area contributed by atoms with E-state index in [0.29, 0.717) is 22.5 Å². The SMILES string of the molecule is COCc1nc2ncc3c(=O)n(NC(C)=O)ccc3n2n1. The Balaban J connectivity index is 2.24. The lowest BCUT2D eigenvalue weighted by Gasteiger charge is -2.07. The summed E-state index contributed by atoms with van der Waals surface area (Å²) in [5.74, 6) is 0.517. The molecule has 1 amide bonds. The summed E-state index contributed by atoms with van der Waals surface area (Å²) in [6.45, 7) is 1.58. The molecule has 0 spiro atoms. The molecule has 0 saturated carbocycles. The normalized spacial score (nSPS) is 11.1. The Kier molecular flexibility index (Phi) is 3.10. The third kappa shape index (κ3) is 2.23. The number of ether oxygens (including phenoxy) is 1. The van der Waals surface area contributed by atoms with E-state index >= 15 is 0 Å². The molecule has 9 heteroatoms. The lowest BCUT2D eigenvalue weighted by Crippen LogP contribution is -2.31. The van der Waals surface area contributed by atoms with Gasteiger partial charge in [-0.3, -0.25) is 15.0 Å². The van der Waals surface area contributed by atoms with E-state index < -0.39 is 0 Å². The molecule has 0 aliphatic carbocycles. The van der Waals surface area contributed by atoms with Gasteiger partial charge in [0.25, 0.3) is 11.3 Å². The monoisotopic (exact) mass is 288 g/mol. The number of carbonyl (C=O) groups is 1. The molecular weight excluding hydrogens is 276 g/mol. The molecule has 0 atom stereocenters. The first-order chi connectivity index (χ1) is 10.1. The van der Waals surface area contributed by atoms with Gasteiger partial charge in [0.1, 0.15) is 6.61 Å². The molecule has 1 N–H and O–H groups in total. The van der Waals surface area contributed by atoms with Crippen LogP contribution in [0, 0.1) is 0 Å². The number of nitrogens with one attached hydrogen (secondary N) is 1. The zero-order valence-electron chi connectivity index (χ0n) is 11.4. The van der Waals surface area contributed by atoms with Crippen LogP contribution in [0.3, 0.4) is 0 Å². The summed E-state index contributed by atoms with van der Waals surface area (Å²) < 4.78 is 7.55. The molecule has 108 valence electrons. The molecular formula is C12H12N6O3. The highest BCUT2D eigenvalue weighted by Crippen LogP contribution is 2.10. The highest BCUT2D eigenvalue weighted by molar-refractivity contribution is 5.82. The highest BCUT2D eigenvalue weighted by atomic mass is 16.5. The van der Waals surface area contributed by atoms with Crippen molar-refractivity contribution in [2.75, 3.05) is 12.5 Å². The summed E-state index contributed by atoms with van der Waals surface area (Å²) in [7, 11) is 1.54. The Morgan fingerprint density at radius 3 is 3.00 bits per heavy atom. The van der Waals surface area contributed by atoms with Crippen LogP contribution in [0.25, 0.3) is 16.7 Å². The lowest BCUT2D eigenvalue weighted by atomic mass is 10.3. The van der Waals surface area contributed by atoms with Crippen LogP contribution in [0.5, 0.6) is 0 Å². The van der Waals surface area contributed by atoms with Crippen LogP contribution in [0.15, 0.2) is 23.3 Å². The van der Waals surface area contributed by atoms with Crippen molar-refractivity contribution in [1.82, 2.24) is 24.3 Å². The number of nitrogens with zero attached hydrogens (tertiary/aromatic N) is 5. The summed E-state index contributed by atoms with van der Waals surface area (Å²) in [4.78, 5) is 31.6. The predicted octanol–water partition coefficient (Wildman–Crippen LogP) is -0.324. The highest BCUT2D eigenvalue weighted by Gasteiger charge is 2.11. The van der Waals surface area contributed by atoms with Gasteiger partial charge in [-0.25, -0.2) is 9.66 Å². The maximum absolute atomic E-state index is 12.3. The minimum absolute atomic E-state index is 0.258. The van der Waals surface area contributed by atoms with Crippen LogP contribution in [-0.4, -0.2) is 37.3 Å². The number of rotatable bonds is 3. The molecule has 0 fully saturated rings. The molecule has 0 aromatic carbocycles. The standard InChI is InChI=1S/C12H12N6O3/c1-7(19)15-17-4-3-9-8(11(17)20)5-13-12-14-10(6-21-2)16-18(9)12/h3-5H,6H2,1-2H3,(H,15,19). The van der Waals surface area contributed by atoms with Gasteiger partial charge in [0.05, 0.1) is 10.9 Å². The maximum atomic E-state index is 12.3. The fourth-order valence-corrected chi connectivity index (χ4v) is 2.01. The van der Waals surface area contributed by atoms with Crippen LogP contribution in [0.4, 0.5) is 0 Å². The van der Waals surface area contributed by atoms with Crippen LogP contribution in [0.1, 0.15) is 12.7 Å². The molecule has 0 saturated heterocycles. The number of hydrogen-bond acceptors (Lipinski definition) is 6. The molecule has 3 aromatic rings. The number of amides is 1. The second-order valence-corrected chi connectivity index (χ2v) is 4.39. The molecule has 0 radical (unpaired) electrons. The third-order valence-electron chi connectivity index (χ3n) is 2.83. The van der Waals surface area contributed by atoms with Crippen molar-refractivity contribution in [1.29, 1.82) is 0 Å². The van der Waals surface area contributed by atoms with E-state index in [1.54, 1.807) is 13.2 Å². The fourth-order valence-electron chi connectivity index (χ4n) is 2.01. The Morgan fingerprint density at radius 2 is 2.29 bits per heavy atom. The van der Waals surface area contributed by atoms with Crippen LogP contribution in [0.2, 0.25) is 0 Å². The molecule has 0 aliphatic rings. The van der Waals surface area contributed by atoms with E-state index in [9.17, 15) is 9.59 Å². The van der Waals surface area contributed by atoms with E-state index in [4.69, 9.17) is 4.74 Å². The van der Waals surface area contributed by atoms with Crippen molar-refractivity contribution in [2.45, 2.75) is 13.5 Å². The van der Waals surface area contributed by atoms with Gasteiger partial charge in [-0.1, -0.05) is 0 Å². The summed E-state index contributed by atoms with van der Waals surface area (Å²) in [6.07, 6.45) is 2.87. The van der Waals surface area contributed by atoms with Gasteiger partial charge < -0.3 is 4.74 Å². The van der Waals surface area contributed by atoms with Crippen molar-refractivity contribution in [3.8, 4) is 0 Å². The number of aromatic nitrogens is 5. The smallest absolute Gasteiger partial charge is 0.280 e. The topological polar surface area (TPSA) is 103 Å². The van der Waals surface area contributed by atoms with Crippen molar-refractivity contribution in [2.24, 2.45) is 0 Å². The average Bonchev–Trinajstić information content (AvgIpc) is 2.84. The first kappa shape index (κ1) is 13.2. The zero-order chi connectivity index (χ0) is 15.0. The Bertz CT molecular complexity index is 897. The Hall–Kier alpha value is -2.81. The molecule has 0 unspecified atom stereocenters. The second-order valence-electron chi connectivity index (χ2n) is 4.39. The predicted molar refractivity (Wildman–Crippen MR) is 73.3 cm³/mol. The first-order valence-electron chi connectivity index (χ1n) is 6.12. The van der Waals surface area contributed by atoms with Gasteiger partial charge in [-0.05, 0) is 6.07 Å². The number of methoxy groups -OCH3 is 1. The number of pyridine rings is 1. The van der Waals surface area contributed by atoms with E-state index in [1.807, 2.05) is 0 Å². The van der Waals surface area contributed by atoms with Crippen molar-refractivity contribution < 1.29 is 9.53 Å². The molecule has 3 rings (SSSR count). The number of carbonyl (C=O) groups excluding carboxylic acids is 1. The fraction of sp³-hybridized carbons (Fsp3) is 0.250. The van der Waals surface area contributed by atoms with Crippen molar-refractivity contribution in [3.05, 3.63) is 34.6 Å². The summed E-state index contributed by atoms with van der Waals surface area (Å²) in [5.41, 5.74) is 2.58. The molecule has 0 bridgehead atoms. The minimum Gasteiger partial charge on any atom is -0.377 e. The third-order valence-corrected chi connectivity index (χ3v) is 2.83. The van der Waals surface area contributed by atoms with E-state index in [0.717, 1.165) is 4.68 Å². The van der Waals surface area contributed by atoms with Gasteiger partial charge in [0.15, 0.2) is 5.82 Å². The quantitative estimate of drug-likeness (QED) is 0.708. The molecule has 3 aromatic heterocycles. The summed E-state index contributed by atoms with van der Waals surface area (Å²) in [5, 5.41) is 4.57. The Morgan fingerprint density at radius 1 is 1.48 bits per heavy atom. The van der Waals surface area contributed by atoms with E-state index in [2.05, 4.69) is 20.5 Å². The summed E-state index contributed by atoms with van der Waals surface area (Å²) >= 11 is 0. The molecule has 0 aliphatic heterocycles. The van der Waals surface area contributed by atoms with E-state index in [-0.39, 0.29) is 18.1 Å². The maximum Gasteiger partial charge on any atom is 0.280 e. The zero-order valence-corrected chi connectivity index (χ0v) is 11.4. The van der Waals surface area contributed by atoms with Gasteiger partial charge in [-0.15, -0.1) is 5.10 Å². The largest absolute Gasteiger partial charge is 0.377 e. The van der Waals surface area contributed by atoms with Crippen LogP contribution < -0.4 is 11.0 Å². The second kappa shape index (κ2) is 4.94. The molecule has 3 heterocycles. The Labute approximate surface area is 118 Å². The van der Waals surface area contributed by atoms with Crippen molar-refractivity contribution in [3.63, 3.8) is 0 Å². The van der Waals surface area contributed by atoms with Crippen LogP contribution in [-0.2, 0) is 16.1 Å². The number of hydrogen-bond donors (Lipinski definition) is 1. The van der Waals surface area contributed by atoms with Crippen LogP contribution >= 0.6 is 0 Å².